The fourth-order valence-electron chi connectivity index (χ4n) is 2.06. The molecule has 21 heavy (non-hydrogen) atoms. The van der Waals surface area contributed by atoms with Crippen molar-refractivity contribution in [3.63, 3.8) is 0 Å². The Balaban J connectivity index is 1.93. The number of aryl methyl sites for hydroxylation is 2. The summed E-state index contributed by atoms with van der Waals surface area (Å²) < 4.78 is 7.18. The fourth-order valence-corrected chi connectivity index (χ4v) is 3.88. The van der Waals surface area contributed by atoms with Crippen molar-refractivity contribution >= 4 is 33.6 Å². The Kier molecular flexibility index (Phi) is 4.23. The van der Waals surface area contributed by atoms with Crippen molar-refractivity contribution in [1.29, 1.82) is 0 Å². The lowest BCUT2D eigenvalue weighted by Gasteiger charge is -2.02. The van der Waals surface area contributed by atoms with E-state index >= 15 is 0 Å². The summed E-state index contributed by atoms with van der Waals surface area (Å²) in [5.41, 5.74) is 3.04. The molecule has 0 bridgehead atoms. The highest BCUT2D eigenvalue weighted by atomic mass is 32.2. The predicted octanol–water partition coefficient (Wildman–Crippen LogP) is 3.23. The van der Waals surface area contributed by atoms with E-state index in [1.54, 1.807) is 36.4 Å². The van der Waals surface area contributed by atoms with Gasteiger partial charge in [0.2, 0.25) is 0 Å². The molecule has 3 aromatic heterocycles. The molecule has 0 amide bonds. The van der Waals surface area contributed by atoms with Crippen LogP contribution in [0.15, 0.2) is 23.4 Å². The minimum absolute atomic E-state index is 0.707. The molecule has 3 rings (SSSR count). The van der Waals surface area contributed by atoms with Gasteiger partial charge in [-0.05, 0) is 26.0 Å². The van der Waals surface area contributed by atoms with Gasteiger partial charge in [-0.25, -0.2) is 9.97 Å². The molecule has 0 saturated carbocycles. The molecule has 0 unspecified atom stereocenters. The number of methoxy groups -OCH3 is 1. The lowest BCUT2D eigenvalue weighted by Crippen LogP contribution is -1.97. The molecule has 0 saturated heterocycles. The number of hydrogen-bond donors (Lipinski definition) is 0. The highest BCUT2D eigenvalue weighted by molar-refractivity contribution is 7.99. The molecule has 0 fully saturated rings. The summed E-state index contributed by atoms with van der Waals surface area (Å²) in [5.74, 6) is 0.873. The van der Waals surface area contributed by atoms with Crippen molar-refractivity contribution in [2.75, 3.05) is 19.5 Å². The average Bonchev–Trinajstić information content (AvgIpc) is 3.01. The zero-order chi connectivity index (χ0) is 14.8. The van der Waals surface area contributed by atoms with Gasteiger partial charge in [0.25, 0.3) is 0 Å². The van der Waals surface area contributed by atoms with E-state index in [4.69, 9.17) is 4.74 Å². The largest absolute Gasteiger partial charge is 0.384 e. The Hall–Kier alpha value is -1.44. The van der Waals surface area contributed by atoms with Crippen molar-refractivity contribution in [1.82, 2.24) is 19.5 Å². The maximum absolute atomic E-state index is 5.05. The van der Waals surface area contributed by atoms with Crippen LogP contribution >= 0.6 is 23.1 Å². The van der Waals surface area contributed by atoms with Gasteiger partial charge in [-0.2, -0.15) is 4.98 Å². The highest BCUT2D eigenvalue weighted by Gasteiger charge is 2.12. The topological polar surface area (TPSA) is 52.8 Å². The molecule has 3 heterocycles. The summed E-state index contributed by atoms with van der Waals surface area (Å²) in [6, 6.07) is 4.18. The Bertz CT molecular complexity index is 746. The Labute approximate surface area is 131 Å². The number of hydrogen-bond acceptors (Lipinski definition) is 6. The minimum atomic E-state index is 0.707. The summed E-state index contributed by atoms with van der Waals surface area (Å²) in [4.78, 5) is 14.5. The third kappa shape index (κ3) is 2.95. The van der Waals surface area contributed by atoms with E-state index in [1.165, 1.54) is 11.4 Å². The number of fused-ring (bicyclic) bond motifs is 1. The van der Waals surface area contributed by atoms with Crippen LogP contribution in [0, 0.1) is 13.8 Å². The predicted molar refractivity (Wildman–Crippen MR) is 86.6 cm³/mol. The third-order valence-electron chi connectivity index (χ3n) is 3.09. The second kappa shape index (κ2) is 6.13. The van der Waals surface area contributed by atoms with E-state index in [1.807, 2.05) is 0 Å². The van der Waals surface area contributed by atoms with Crippen LogP contribution in [0.1, 0.15) is 11.4 Å². The third-order valence-corrected chi connectivity index (χ3v) is 4.88. The fraction of sp³-hybridized carbons (Fsp3) is 0.357. The number of thiazole rings is 1. The van der Waals surface area contributed by atoms with E-state index in [0.29, 0.717) is 12.3 Å². The normalized spacial score (nSPS) is 11.4. The molecular weight excluding hydrogens is 304 g/mol. The van der Waals surface area contributed by atoms with Gasteiger partial charge in [-0.3, -0.25) is 4.57 Å². The van der Waals surface area contributed by atoms with Gasteiger partial charge in [0.05, 0.1) is 12.8 Å². The van der Waals surface area contributed by atoms with Crippen molar-refractivity contribution in [3.05, 3.63) is 29.7 Å². The first kappa shape index (κ1) is 14.5. The molecule has 3 aromatic rings. The second-order valence-electron chi connectivity index (χ2n) is 4.63. The lowest BCUT2D eigenvalue weighted by atomic mass is 10.5. The SMILES string of the molecule is COCCSc1cnc2nc(-n3c(C)ccc3C)sc2n1. The Morgan fingerprint density at radius 3 is 2.71 bits per heavy atom. The smallest absolute Gasteiger partial charge is 0.198 e. The minimum Gasteiger partial charge on any atom is -0.384 e. The maximum atomic E-state index is 5.05. The van der Waals surface area contributed by atoms with E-state index in [-0.39, 0.29) is 0 Å². The summed E-state index contributed by atoms with van der Waals surface area (Å²) in [5, 5.41) is 1.83. The molecule has 0 aliphatic carbocycles. The van der Waals surface area contributed by atoms with Crippen LogP contribution in [-0.4, -0.2) is 39.0 Å². The molecule has 0 aliphatic heterocycles. The van der Waals surface area contributed by atoms with Crippen LogP contribution in [0.5, 0.6) is 0 Å². The summed E-state index contributed by atoms with van der Waals surface area (Å²) in [6.45, 7) is 4.86. The number of thioether (sulfide) groups is 1. The molecule has 0 N–H and O–H groups in total. The number of rotatable bonds is 5. The monoisotopic (exact) mass is 320 g/mol. The molecule has 0 aliphatic rings. The summed E-state index contributed by atoms with van der Waals surface area (Å²) in [6.07, 6.45) is 1.78. The van der Waals surface area contributed by atoms with Gasteiger partial charge in [0.1, 0.15) is 5.03 Å². The molecule has 0 radical (unpaired) electrons. The standard InChI is InChI=1S/C14H16N4OS2/c1-9-4-5-10(2)18(9)14-17-12-13(21-14)16-11(8-15-12)20-7-6-19-3/h4-5,8H,6-7H2,1-3H3. The molecule has 0 aromatic carbocycles. The van der Waals surface area contributed by atoms with Crippen molar-refractivity contribution in [3.8, 4) is 5.13 Å². The van der Waals surface area contributed by atoms with Gasteiger partial charge < -0.3 is 4.74 Å². The van der Waals surface area contributed by atoms with Crippen molar-refractivity contribution in [2.24, 2.45) is 0 Å². The molecule has 110 valence electrons. The molecule has 0 spiro atoms. The van der Waals surface area contributed by atoms with Crippen LogP contribution in [0.25, 0.3) is 15.6 Å². The molecule has 7 heteroatoms. The number of nitrogens with zero attached hydrogens (tertiary/aromatic N) is 4. The molecular formula is C14H16N4OS2. The van der Waals surface area contributed by atoms with Gasteiger partial charge in [0.15, 0.2) is 15.6 Å². The van der Waals surface area contributed by atoms with Crippen molar-refractivity contribution in [2.45, 2.75) is 18.9 Å². The van der Waals surface area contributed by atoms with Crippen LogP contribution in [0.4, 0.5) is 0 Å². The van der Waals surface area contributed by atoms with Gasteiger partial charge in [-0.15, -0.1) is 11.8 Å². The quantitative estimate of drug-likeness (QED) is 0.533. The number of ether oxygens (including phenoxy) is 1. The average molecular weight is 320 g/mol. The summed E-state index contributed by atoms with van der Waals surface area (Å²) in [7, 11) is 1.70. The lowest BCUT2D eigenvalue weighted by molar-refractivity contribution is 0.218. The van der Waals surface area contributed by atoms with E-state index < -0.39 is 0 Å². The highest BCUT2D eigenvalue weighted by Crippen LogP contribution is 2.26. The van der Waals surface area contributed by atoms with Crippen LogP contribution in [-0.2, 0) is 4.74 Å². The van der Waals surface area contributed by atoms with Crippen LogP contribution in [0.3, 0.4) is 0 Å². The van der Waals surface area contributed by atoms with E-state index in [2.05, 4.69) is 45.5 Å². The van der Waals surface area contributed by atoms with Gasteiger partial charge in [-0.1, -0.05) is 11.3 Å². The van der Waals surface area contributed by atoms with E-state index in [0.717, 1.165) is 20.7 Å². The Morgan fingerprint density at radius 1 is 1.24 bits per heavy atom. The number of aromatic nitrogens is 4. The van der Waals surface area contributed by atoms with Crippen molar-refractivity contribution < 1.29 is 4.74 Å². The first-order valence-corrected chi connectivity index (χ1v) is 8.40. The maximum Gasteiger partial charge on any atom is 0.198 e. The van der Waals surface area contributed by atoms with Crippen LogP contribution in [0.2, 0.25) is 0 Å². The van der Waals surface area contributed by atoms with Gasteiger partial charge in [0, 0.05) is 24.3 Å². The van der Waals surface area contributed by atoms with Crippen LogP contribution < -0.4 is 0 Å². The zero-order valence-corrected chi connectivity index (χ0v) is 13.8. The zero-order valence-electron chi connectivity index (χ0n) is 12.2. The second-order valence-corrected chi connectivity index (χ2v) is 6.70. The first-order chi connectivity index (χ1) is 10.2. The van der Waals surface area contributed by atoms with E-state index in [9.17, 15) is 0 Å². The first-order valence-electron chi connectivity index (χ1n) is 6.59. The Morgan fingerprint density at radius 2 is 2.00 bits per heavy atom. The summed E-state index contributed by atoms with van der Waals surface area (Å²) >= 11 is 3.22. The molecule has 0 atom stereocenters. The molecule has 5 nitrogen and oxygen atoms in total. The van der Waals surface area contributed by atoms with Gasteiger partial charge >= 0.3 is 0 Å².